The summed E-state index contributed by atoms with van der Waals surface area (Å²) in [5.41, 5.74) is 1.25. The third-order valence-corrected chi connectivity index (χ3v) is 7.99. The van der Waals surface area contributed by atoms with E-state index < -0.39 is 42.0 Å². The summed E-state index contributed by atoms with van der Waals surface area (Å²) in [6.07, 6.45) is -0.491. The highest BCUT2D eigenvalue weighted by Gasteiger charge is 2.49. The molecule has 3 unspecified atom stereocenters. The average Bonchev–Trinajstić information content (AvgIpc) is 3.34. The van der Waals surface area contributed by atoms with Gasteiger partial charge in [0.05, 0.1) is 16.8 Å². The molecule has 6 rings (SSSR count). The van der Waals surface area contributed by atoms with Crippen molar-refractivity contribution in [2.45, 2.75) is 56.3 Å². The summed E-state index contributed by atoms with van der Waals surface area (Å²) in [6.45, 7) is -1.07. The molecule has 4 aromatic rings. The number of fused-ring (bicyclic) bond motifs is 3. The molecule has 40 heavy (non-hydrogen) atoms. The molecule has 0 aliphatic heterocycles. The van der Waals surface area contributed by atoms with E-state index in [1.807, 2.05) is 0 Å². The van der Waals surface area contributed by atoms with E-state index in [-0.39, 0.29) is 17.1 Å². The first-order valence-corrected chi connectivity index (χ1v) is 12.7. The quantitative estimate of drug-likeness (QED) is 0.280. The van der Waals surface area contributed by atoms with Gasteiger partial charge in [-0.3, -0.25) is 4.79 Å². The van der Waals surface area contributed by atoms with E-state index >= 15 is 0 Å². The highest BCUT2D eigenvalue weighted by Crippen LogP contribution is 2.52. The van der Waals surface area contributed by atoms with Crippen LogP contribution < -0.4 is 0 Å². The smallest absolute Gasteiger partial charge is 0.330 e. The number of halogens is 6. The third-order valence-electron chi connectivity index (χ3n) is 7.99. The number of alkyl halides is 5. The summed E-state index contributed by atoms with van der Waals surface area (Å²) in [7, 11) is 1.17. The number of carbonyl (C=O) groups is 1. The molecule has 7 nitrogen and oxygen atoms in total. The molecule has 3 atom stereocenters. The van der Waals surface area contributed by atoms with Crippen molar-refractivity contribution in [3.63, 3.8) is 0 Å². The van der Waals surface area contributed by atoms with Gasteiger partial charge in [0, 0.05) is 42.9 Å². The van der Waals surface area contributed by atoms with Crippen LogP contribution in [0.2, 0.25) is 0 Å². The lowest BCUT2D eigenvalue weighted by atomic mass is 9.81. The second kappa shape index (κ2) is 9.07. The molecular formula is C27H24F6N6O. The molecule has 0 saturated heterocycles. The SMILES string of the molecule is CN(C(=O)C1CC1)C(c1ccc(C2CC(C)(c3ccn(C(F)F)n3)c3c2cnc2cc(F)nn32)cc1)C(F)(F)F. The second-order valence-electron chi connectivity index (χ2n) is 10.7. The average molecular weight is 563 g/mol. The van der Waals surface area contributed by atoms with Gasteiger partial charge in [0.1, 0.15) is 0 Å². The van der Waals surface area contributed by atoms with Crippen LogP contribution >= 0.6 is 0 Å². The Hall–Kier alpha value is -3.90. The maximum absolute atomic E-state index is 14.2. The predicted octanol–water partition coefficient (Wildman–Crippen LogP) is 5.77. The topological polar surface area (TPSA) is 68.3 Å². The maximum atomic E-state index is 14.2. The van der Waals surface area contributed by atoms with Crippen LogP contribution in [0.25, 0.3) is 5.65 Å². The minimum Gasteiger partial charge on any atom is -0.330 e. The van der Waals surface area contributed by atoms with Crippen LogP contribution in [-0.4, -0.2) is 48.4 Å². The molecule has 210 valence electrons. The Morgan fingerprint density at radius 2 is 1.82 bits per heavy atom. The van der Waals surface area contributed by atoms with Gasteiger partial charge in [0.25, 0.3) is 0 Å². The zero-order valence-corrected chi connectivity index (χ0v) is 21.4. The number of nitrogens with zero attached hydrogens (tertiary/aromatic N) is 6. The molecule has 0 bridgehead atoms. The van der Waals surface area contributed by atoms with Gasteiger partial charge in [-0.1, -0.05) is 24.3 Å². The van der Waals surface area contributed by atoms with E-state index in [1.54, 1.807) is 25.3 Å². The largest absolute Gasteiger partial charge is 0.413 e. The van der Waals surface area contributed by atoms with Crippen molar-refractivity contribution in [3.8, 4) is 0 Å². The molecule has 1 amide bonds. The number of aromatic nitrogens is 5. The highest BCUT2D eigenvalue weighted by molar-refractivity contribution is 5.81. The number of benzene rings is 1. The Kier molecular flexibility index (Phi) is 5.97. The molecule has 0 spiro atoms. The molecule has 1 saturated carbocycles. The van der Waals surface area contributed by atoms with Crippen molar-refractivity contribution in [3.05, 3.63) is 82.8 Å². The Morgan fingerprint density at radius 3 is 2.42 bits per heavy atom. The summed E-state index contributed by atoms with van der Waals surface area (Å²) >= 11 is 0. The normalized spacial score (nSPS) is 21.7. The lowest BCUT2D eigenvalue weighted by molar-refractivity contribution is -0.189. The summed E-state index contributed by atoms with van der Waals surface area (Å²) < 4.78 is 85.0. The van der Waals surface area contributed by atoms with Crippen LogP contribution in [-0.2, 0) is 10.2 Å². The van der Waals surface area contributed by atoms with Gasteiger partial charge in [-0.05, 0) is 43.4 Å². The van der Waals surface area contributed by atoms with Crippen LogP contribution in [0, 0.1) is 11.9 Å². The Bertz CT molecular complexity index is 1590. The number of rotatable bonds is 6. The van der Waals surface area contributed by atoms with Crippen molar-refractivity contribution in [2.75, 3.05) is 7.05 Å². The number of carbonyl (C=O) groups excluding carboxylic acids is 1. The minimum atomic E-state index is -4.68. The standard InChI is InChI=1S/C27H24F6N6O/c1-26(19-9-10-38(35-19)25(29)30)12-17(18-13-34-21-11-20(28)36-39(21)23(18)26)14-3-5-15(6-4-14)22(27(31,32)33)37(2)24(40)16-7-8-16/h3-6,9-11,13,16-17,22,25H,7-8,12H2,1-2H3. The fraction of sp³-hybridized carbons (Fsp3) is 0.407. The van der Waals surface area contributed by atoms with Crippen molar-refractivity contribution < 1.29 is 31.1 Å². The molecule has 0 radical (unpaired) electrons. The molecule has 2 aliphatic carbocycles. The zero-order valence-electron chi connectivity index (χ0n) is 21.4. The summed E-state index contributed by atoms with van der Waals surface area (Å²) in [4.78, 5) is 17.5. The van der Waals surface area contributed by atoms with Crippen molar-refractivity contribution in [1.82, 2.24) is 29.3 Å². The molecule has 3 aromatic heterocycles. The molecule has 1 aromatic carbocycles. The first-order valence-electron chi connectivity index (χ1n) is 12.7. The predicted molar refractivity (Wildman–Crippen MR) is 130 cm³/mol. The fourth-order valence-electron chi connectivity index (χ4n) is 5.89. The lowest BCUT2D eigenvalue weighted by Gasteiger charge is -2.30. The van der Waals surface area contributed by atoms with Gasteiger partial charge in [0.2, 0.25) is 11.9 Å². The van der Waals surface area contributed by atoms with Crippen LogP contribution in [0.3, 0.4) is 0 Å². The Labute approximate surface area is 224 Å². The van der Waals surface area contributed by atoms with E-state index in [4.69, 9.17) is 0 Å². The zero-order chi connectivity index (χ0) is 28.6. The number of amides is 1. The van der Waals surface area contributed by atoms with E-state index in [1.165, 1.54) is 29.8 Å². The Morgan fingerprint density at radius 1 is 1.12 bits per heavy atom. The fourth-order valence-corrected chi connectivity index (χ4v) is 5.89. The molecular weight excluding hydrogens is 538 g/mol. The maximum Gasteiger partial charge on any atom is 0.413 e. The van der Waals surface area contributed by atoms with Crippen molar-refractivity contribution >= 4 is 11.6 Å². The molecule has 0 N–H and O–H groups in total. The van der Waals surface area contributed by atoms with Gasteiger partial charge in [-0.25, -0.2) is 14.2 Å². The second-order valence-corrected chi connectivity index (χ2v) is 10.7. The first-order chi connectivity index (χ1) is 18.9. The van der Waals surface area contributed by atoms with Crippen LogP contribution in [0.1, 0.15) is 72.8 Å². The number of hydrogen-bond donors (Lipinski definition) is 0. The van der Waals surface area contributed by atoms with Crippen LogP contribution in [0.15, 0.2) is 48.8 Å². The lowest BCUT2D eigenvalue weighted by Crippen LogP contribution is -2.40. The van der Waals surface area contributed by atoms with E-state index in [2.05, 4.69) is 15.2 Å². The number of hydrogen-bond acceptors (Lipinski definition) is 4. The summed E-state index contributed by atoms with van der Waals surface area (Å²) in [5.74, 6) is -2.09. The summed E-state index contributed by atoms with van der Waals surface area (Å²) in [5, 5.41) is 8.01. The van der Waals surface area contributed by atoms with Gasteiger partial charge < -0.3 is 4.90 Å². The monoisotopic (exact) mass is 562 g/mol. The highest BCUT2D eigenvalue weighted by atomic mass is 19.4. The van der Waals surface area contributed by atoms with Crippen molar-refractivity contribution in [1.29, 1.82) is 0 Å². The molecule has 2 aliphatic rings. The van der Waals surface area contributed by atoms with Crippen LogP contribution in [0.5, 0.6) is 0 Å². The van der Waals surface area contributed by atoms with Gasteiger partial charge in [-0.2, -0.15) is 31.4 Å². The van der Waals surface area contributed by atoms with Gasteiger partial charge in [0.15, 0.2) is 11.7 Å². The van der Waals surface area contributed by atoms with E-state index in [0.29, 0.717) is 46.5 Å². The molecule has 13 heteroatoms. The van der Waals surface area contributed by atoms with E-state index in [0.717, 1.165) is 17.2 Å². The van der Waals surface area contributed by atoms with Gasteiger partial charge in [-0.15, -0.1) is 5.10 Å². The summed E-state index contributed by atoms with van der Waals surface area (Å²) in [6, 6.07) is 6.35. The van der Waals surface area contributed by atoms with Crippen molar-refractivity contribution in [2.24, 2.45) is 5.92 Å². The minimum absolute atomic E-state index is 0.0767. The van der Waals surface area contributed by atoms with Gasteiger partial charge >= 0.3 is 12.7 Å². The molecule has 3 heterocycles. The third kappa shape index (κ3) is 4.22. The molecule has 1 fully saturated rings. The van der Waals surface area contributed by atoms with Crippen LogP contribution in [0.4, 0.5) is 26.3 Å². The van der Waals surface area contributed by atoms with E-state index in [9.17, 15) is 31.1 Å². The Balaban J connectivity index is 1.41. The first kappa shape index (κ1) is 26.3.